The molecule has 0 unspecified atom stereocenters. The van der Waals surface area contributed by atoms with Gasteiger partial charge in [0.2, 0.25) is 5.91 Å². The van der Waals surface area contributed by atoms with Gasteiger partial charge in [-0.25, -0.2) is 4.98 Å². The van der Waals surface area contributed by atoms with Crippen molar-refractivity contribution in [1.82, 2.24) is 20.1 Å². The number of likely N-dealkylation sites (N-methyl/N-ethyl adjacent to an activating group) is 1. The number of thiazole rings is 1. The van der Waals surface area contributed by atoms with Gasteiger partial charge in [-0.05, 0) is 63.6 Å². The number of hydrogen-bond acceptors (Lipinski definition) is 8. The summed E-state index contributed by atoms with van der Waals surface area (Å²) < 4.78 is 5.79. The lowest BCUT2D eigenvalue weighted by molar-refractivity contribution is -0.149. The van der Waals surface area contributed by atoms with Crippen molar-refractivity contribution in [2.45, 2.75) is 110 Å². The fraction of sp³-hybridized carbons (Fsp3) is 0.639. The third kappa shape index (κ3) is 7.88. The number of ether oxygens (including phenoxy) is 1. The van der Waals surface area contributed by atoms with Crippen LogP contribution in [0.4, 0.5) is 0 Å². The Hall–Kier alpha value is -3.11. The lowest BCUT2D eigenvalue weighted by Gasteiger charge is -2.38. The molecule has 1 aromatic carbocycles. The molecule has 4 rings (SSSR count). The highest BCUT2D eigenvalue weighted by Gasteiger charge is 2.46. The molecule has 0 bridgehead atoms. The number of benzene rings is 1. The molecule has 0 spiro atoms. The van der Waals surface area contributed by atoms with Crippen LogP contribution < -0.4 is 5.32 Å². The fourth-order valence-electron chi connectivity index (χ4n) is 6.80. The smallest absolute Gasteiger partial charge is 0.303 e. The van der Waals surface area contributed by atoms with Gasteiger partial charge in [0.05, 0.1) is 11.1 Å². The number of ketones is 1. The van der Waals surface area contributed by atoms with Crippen molar-refractivity contribution in [3.63, 3.8) is 0 Å². The Morgan fingerprint density at radius 3 is 2.33 bits per heavy atom. The molecule has 9 nitrogen and oxygen atoms in total. The number of carbonyl (C=O) groups is 4. The number of rotatable bonds is 15. The zero-order chi connectivity index (χ0) is 33.8. The molecule has 2 fully saturated rings. The van der Waals surface area contributed by atoms with E-state index in [-0.39, 0.29) is 53.1 Å². The van der Waals surface area contributed by atoms with E-state index in [1.54, 1.807) is 17.3 Å². The number of esters is 1. The van der Waals surface area contributed by atoms with Gasteiger partial charge in [0, 0.05) is 44.2 Å². The molecule has 10 heteroatoms. The molecule has 0 radical (unpaired) electrons. The highest BCUT2D eigenvalue weighted by Crippen LogP contribution is 2.45. The molecule has 1 saturated heterocycles. The Morgan fingerprint density at radius 2 is 1.78 bits per heavy atom. The third-order valence-electron chi connectivity index (χ3n) is 10.5. The summed E-state index contributed by atoms with van der Waals surface area (Å²) in [5, 5.41) is 5.39. The molecule has 252 valence electrons. The van der Waals surface area contributed by atoms with Crippen LogP contribution in [0, 0.1) is 17.8 Å². The van der Waals surface area contributed by atoms with E-state index in [1.165, 1.54) is 18.3 Å². The van der Waals surface area contributed by atoms with E-state index in [0.29, 0.717) is 11.4 Å². The van der Waals surface area contributed by atoms with E-state index in [0.717, 1.165) is 44.2 Å². The molecule has 1 aromatic heterocycles. The van der Waals surface area contributed by atoms with Crippen LogP contribution in [-0.2, 0) is 24.7 Å². The predicted octanol–water partition coefficient (Wildman–Crippen LogP) is 6.15. The van der Waals surface area contributed by atoms with Crippen molar-refractivity contribution < 1.29 is 23.9 Å². The van der Waals surface area contributed by atoms with Crippen LogP contribution in [0.5, 0.6) is 0 Å². The summed E-state index contributed by atoms with van der Waals surface area (Å²) in [7, 11) is 3.78. The van der Waals surface area contributed by atoms with Gasteiger partial charge in [0.25, 0.3) is 5.91 Å². The monoisotopic (exact) mass is 652 g/mol. The number of amides is 2. The van der Waals surface area contributed by atoms with Gasteiger partial charge in [-0.3, -0.25) is 24.1 Å². The van der Waals surface area contributed by atoms with Crippen LogP contribution in [0.1, 0.15) is 114 Å². The number of hydrogen-bond donors (Lipinski definition) is 1. The summed E-state index contributed by atoms with van der Waals surface area (Å²) in [6, 6.07) is 9.65. The summed E-state index contributed by atoms with van der Waals surface area (Å²) in [4.78, 5) is 61.9. The minimum Gasteiger partial charge on any atom is -0.455 e. The van der Waals surface area contributed by atoms with Crippen LogP contribution in [0.25, 0.3) is 0 Å². The second kappa shape index (κ2) is 14.8. The molecule has 2 amide bonds. The normalized spacial score (nSPS) is 21.7. The first-order valence-corrected chi connectivity index (χ1v) is 17.6. The summed E-state index contributed by atoms with van der Waals surface area (Å²) in [5.74, 6) is -1.06. The molecule has 1 aliphatic heterocycles. The van der Waals surface area contributed by atoms with Gasteiger partial charge in [0.15, 0.2) is 11.9 Å². The van der Waals surface area contributed by atoms with Gasteiger partial charge < -0.3 is 15.0 Å². The van der Waals surface area contributed by atoms with Crippen LogP contribution in [0.15, 0.2) is 35.7 Å². The van der Waals surface area contributed by atoms with Crippen molar-refractivity contribution in [2.24, 2.45) is 17.8 Å². The molecule has 46 heavy (non-hydrogen) atoms. The number of nitrogens with zero attached hydrogens (tertiary/aromatic N) is 3. The van der Waals surface area contributed by atoms with Gasteiger partial charge in [0.1, 0.15) is 10.7 Å². The first-order valence-electron chi connectivity index (χ1n) is 16.7. The van der Waals surface area contributed by atoms with E-state index in [9.17, 15) is 19.2 Å². The highest BCUT2D eigenvalue weighted by molar-refractivity contribution is 7.09. The Kier molecular flexibility index (Phi) is 11.5. The molecular formula is C36H52N4O5S. The van der Waals surface area contributed by atoms with Crippen LogP contribution in [-0.4, -0.2) is 70.6 Å². The van der Waals surface area contributed by atoms with Crippen LogP contribution in [0.3, 0.4) is 0 Å². The Morgan fingerprint density at radius 1 is 1.11 bits per heavy atom. The molecular weight excluding hydrogens is 600 g/mol. The van der Waals surface area contributed by atoms with Gasteiger partial charge in [-0.1, -0.05) is 64.4 Å². The molecule has 1 aliphatic carbocycles. The van der Waals surface area contributed by atoms with E-state index in [2.05, 4.69) is 22.1 Å². The van der Waals surface area contributed by atoms with Crippen molar-refractivity contribution in [3.05, 3.63) is 52.0 Å². The quantitative estimate of drug-likeness (QED) is 0.230. The van der Waals surface area contributed by atoms with Crippen molar-refractivity contribution in [1.29, 1.82) is 0 Å². The lowest BCUT2D eigenvalue weighted by Crippen LogP contribution is -2.50. The van der Waals surface area contributed by atoms with Crippen molar-refractivity contribution in [2.75, 3.05) is 20.6 Å². The summed E-state index contributed by atoms with van der Waals surface area (Å²) in [5.41, 5.74) is 0.440. The van der Waals surface area contributed by atoms with Crippen LogP contribution in [0.2, 0.25) is 0 Å². The molecule has 1 saturated carbocycles. The number of aromatic nitrogens is 1. The highest BCUT2D eigenvalue weighted by atomic mass is 32.1. The molecule has 5 atom stereocenters. The maximum atomic E-state index is 14.2. The Balaban J connectivity index is 1.51. The number of nitrogens with one attached hydrogen (secondary N) is 1. The van der Waals surface area contributed by atoms with E-state index in [4.69, 9.17) is 4.74 Å². The molecule has 2 heterocycles. The SMILES string of the molecule is CC[C@H](C)[C@H](CC(=O)[C@@]1(C)CCCN1C)C(=O)N(C)[C@H](C[C@@H](OC(C)=O)c1nc(C(=O)NC2(c3ccccc3)CC2)cs1)C(C)C. The maximum absolute atomic E-state index is 14.2. The van der Waals surface area contributed by atoms with Crippen molar-refractivity contribution in [3.8, 4) is 0 Å². The minimum atomic E-state index is -0.731. The standard InChI is InChI=1S/C36H52N4O5S/c1-9-24(4)27(20-31(42)35(6)16-13-19-39(35)7)34(44)40(8)29(23(2)3)21-30(45-25(5)41)33-37-28(22-46-33)32(43)38-36(17-18-36)26-14-11-10-12-15-26/h10-12,14-15,22-24,27,29-30H,9,13,16-21H2,1-8H3,(H,38,43)/t24-,27-,29+,30+,35+/m0/s1. The Labute approximate surface area is 278 Å². The minimum absolute atomic E-state index is 0.0250. The second-order valence-corrected chi connectivity index (χ2v) is 14.9. The fourth-order valence-corrected chi connectivity index (χ4v) is 7.64. The number of Topliss-reactive ketones (excluding diaryl/α,β-unsaturated/α-hetero) is 1. The maximum Gasteiger partial charge on any atom is 0.303 e. The zero-order valence-corrected chi connectivity index (χ0v) is 29.6. The predicted molar refractivity (Wildman–Crippen MR) is 180 cm³/mol. The van der Waals surface area contributed by atoms with Gasteiger partial charge >= 0.3 is 5.97 Å². The van der Waals surface area contributed by atoms with Crippen LogP contribution >= 0.6 is 11.3 Å². The van der Waals surface area contributed by atoms with E-state index in [1.807, 2.05) is 65.1 Å². The van der Waals surface area contributed by atoms with Crippen molar-refractivity contribution >= 4 is 34.9 Å². The number of carbonyl (C=O) groups excluding carboxylic acids is 4. The molecule has 2 aliphatic rings. The van der Waals surface area contributed by atoms with E-state index >= 15 is 0 Å². The summed E-state index contributed by atoms with van der Waals surface area (Å²) in [6.07, 6.45) is 4.08. The molecule has 2 aromatic rings. The summed E-state index contributed by atoms with van der Waals surface area (Å²) >= 11 is 1.28. The number of likely N-dealkylation sites (tertiary alicyclic amines) is 1. The molecule has 1 N–H and O–H groups in total. The Bertz CT molecular complexity index is 1390. The largest absolute Gasteiger partial charge is 0.455 e. The first-order chi connectivity index (χ1) is 21.7. The summed E-state index contributed by atoms with van der Waals surface area (Å²) in [6.45, 7) is 12.4. The second-order valence-electron chi connectivity index (χ2n) is 14.0. The topological polar surface area (TPSA) is 109 Å². The van der Waals surface area contributed by atoms with E-state index < -0.39 is 23.5 Å². The first kappa shape index (κ1) is 35.7. The van der Waals surface area contributed by atoms with Gasteiger partial charge in [-0.2, -0.15) is 0 Å². The third-order valence-corrected chi connectivity index (χ3v) is 11.4. The average molecular weight is 653 g/mol. The average Bonchev–Trinajstić information content (AvgIpc) is 3.47. The zero-order valence-electron chi connectivity index (χ0n) is 28.8. The lowest BCUT2D eigenvalue weighted by atomic mass is 9.80. The van der Waals surface area contributed by atoms with Gasteiger partial charge in [-0.15, -0.1) is 11.3 Å².